The Morgan fingerprint density at radius 1 is 1.35 bits per heavy atom. The average molecular weight is 300 g/mol. The molecule has 0 radical (unpaired) electrons. The SMILES string of the molecule is CCC(C)Oc1cccc(NS(=O)(=O)CCCCN)c1. The Morgan fingerprint density at radius 2 is 2.10 bits per heavy atom. The summed E-state index contributed by atoms with van der Waals surface area (Å²) in [7, 11) is -3.32. The van der Waals surface area contributed by atoms with Crippen LogP contribution in [0.15, 0.2) is 24.3 Å². The Morgan fingerprint density at radius 3 is 2.75 bits per heavy atom. The van der Waals surface area contributed by atoms with Crippen LogP contribution in [-0.2, 0) is 10.0 Å². The maximum atomic E-state index is 11.9. The number of sulfonamides is 1. The van der Waals surface area contributed by atoms with Crippen LogP contribution in [0.3, 0.4) is 0 Å². The Labute approximate surface area is 121 Å². The van der Waals surface area contributed by atoms with Crippen molar-refractivity contribution < 1.29 is 13.2 Å². The highest BCUT2D eigenvalue weighted by molar-refractivity contribution is 7.92. The predicted molar refractivity (Wildman–Crippen MR) is 82.5 cm³/mol. The van der Waals surface area contributed by atoms with Gasteiger partial charge in [0.05, 0.1) is 17.5 Å². The van der Waals surface area contributed by atoms with E-state index in [1.165, 1.54) is 0 Å². The number of unbranched alkanes of at least 4 members (excludes halogenated alkanes) is 1. The van der Waals surface area contributed by atoms with Crippen molar-refractivity contribution in [2.75, 3.05) is 17.0 Å². The lowest BCUT2D eigenvalue weighted by atomic mass is 10.3. The van der Waals surface area contributed by atoms with Crippen molar-refractivity contribution in [2.45, 2.75) is 39.2 Å². The third-order valence-corrected chi connectivity index (χ3v) is 4.26. The van der Waals surface area contributed by atoms with Crippen molar-refractivity contribution in [2.24, 2.45) is 5.73 Å². The fourth-order valence-corrected chi connectivity index (χ4v) is 2.79. The number of benzene rings is 1. The van der Waals surface area contributed by atoms with Gasteiger partial charge in [-0.25, -0.2) is 8.42 Å². The molecule has 0 aromatic heterocycles. The maximum absolute atomic E-state index is 11.9. The molecular formula is C14H24N2O3S. The molecule has 3 N–H and O–H groups in total. The zero-order valence-electron chi connectivity index (χ0n) is 12.1. The predicted octanol–water partition coefficient (Wildman–Crippen LogP) is 2.34. The first-order valence-corrected chi connectivity index (χ1v) is 8.59. The van der Waals surface area contributed by atoms with E-state index in [4.69, 9.17) is 10.5 Å². The highest BCUT2D eigenvalue weighted by Crippen LogP contribution is 2.20. The minimum absolute atomic E-state index is 0.0840. The number of ether oxygens (including phenoxy) is 1. The lowest BCUT2D eigenvalue weighted by Gasteiger charge is -2.14. The summed E-state index contributed by atoms with van der Waals surface area (Å²) in [6.07, 6.45) is 2.27. The quantitative estimate of drug-likeness (QED) is 0.686. The fourth-order valence-electron chi connectivity index (χ4n) is 1.62. The van der Waals surface area contributed by atoms with E-state index < -0.39 is 10.0 Å². The van der Waals surface area contributed by atoms with E-state index in [9.17, 15) is 8.42 Å². The summed E-state index contributed by atoms with van der Waals surface area (Å²) in [5, 5.41) is 0. The highest BCUT2D eigenvalue weighted by atomic mass is 32.2. The first-order chi connectivity index (χ1) is 9.46. The normalized spacial score (nSPS) is 12.9. The van der Waals surface area contributed by atoms with Crippen LogP contribution in [0, 0.1) is 0 Å². The van der Waals surface area contributed by atoms with E-state index >= 15 is 0 Å². The second-order valence-electron chi connectivity index (χ2n) is 4.78. The second kappa shape index (κ2) is 8.11. The summed E-state index contributed by atoms with van der Waals surface area (Å²) in [5.41, 5.74) is 5.88. The van der Waals surface area contributed by atoms with Crippen LogP contribution in [0.1, 0.15) is 33.1 Å². The summed E-state index contributed by atoms with van der Waals surface area (Å²) in [5.74, 6) is 0.752. The van der Waals surface area contributed by atoms with E-state index in [1.807, 2.05) is 19.9 Å². The molecule has 1 aromatic rings. The smallest absolute Gasteiger partial charge is 0.232 e. The van der Waals surface area contributed by atoms with Crippen molar-refractivity contribution in [3.63, 3.8) is 0 Å². The first-order valence-electron chi connectivity index (χ1n) is 6.94. The molecule has 1 rings (SSSR count). The molecule has 0 heterocycles. The third-order valence-electron chi connectivity index (χ3n) is 2.89. The minimum atomic E-state index is -3.32. The van der Waals surface area contributed by atoms with Gasteiger partial charge in [-0.1, -0.05) is 13.0 Å². The number of anilines is 1. The first kappa shape index (κ1) is 16.8. The molecule has 6 heteroatoms. The Kier molecular flexibility index (Phi) is 6.81. The Balaban J connectivity index is 2.65. The molecule has 0 amide bonds. The number of rotatable bonds is 9. The van der Waals surface area contributed by atoms with E-state index in [0.717, 1.165) is 6.42 Å². The molecule has 114 valence electrons. The van der Waals surface area contributed by atoms with Gasteiger partial charge in [-0.15, -0.1) is 0 Å². The molecule has 5 nitrogen and oxygen atoms in total. The number of nitrogens with one attached hydrogen (secondary N) is 1. The monoisotopic (exact) mass is 300 g/mol. The topological polar surface area (TPSA) is 81.4 Å². The van der Waals surface area contributed by atoms with Gasteiger partial charge in [0.15, 0.2) is 0 Å². The number of nitrogens with two attached hydrogens (primary N) is 1. The van der Waals surface area contributed by atoms with Gasteiger partial charge in [0.2, 0.25) is 10.0 Å². The third kappa shape index (κ3) is 6.25. The van der Waals surface area contributed by atoms with Gasteiger partial charge in [0, 0.05) is 6.07 Å². The van der Waals surface area contributed by atoms with Gasteiger partial charge < -0.3 is 10.5 Å². The van der Waals surface area contributed by atoms with Crippen molar-refractivity contribution in [3.8, 4) is 5.75 Å². The Bertz CT molecular complexity index is 503. The van der Waals surface area contributed by atoms with Crippen LogP contribution in [0.5, 0.6) is 5.75 Å². The van der Waals surface area contributed by atoms with E-state index in [0.29, 0.717) is 30.8 Å². The van der Waals surface area contributed by atoms with Crippen LogP contribution >= 0.6 is 0 Å². The van der Waals surface area contributed by atoms with Crippen molar-refractivity contribution in [1.82, 2.24) is 0 Å². The van der Waals surface area contributed by atoms with E-state index in [1.54, 1.807) is 18.2 Å². The average Bonchev–Trinajstić information content (AvgIpc) is 2.38. The van der Waals surface area contributed by atoms with Crippen LogP contribution in [0.2, 0.25) is 0 Å². The molecule has 0 aliphatic rings. The van der Waals surface area contributed by atoms with Crippen molar-refractivity contribution in [3.05, 3.63) is 24.3 Å². The molecule has 1 atom stereocenters. The van der Waals surface area contributed by atoms with Crippen LogP contribution < -0.4 is 15.2 Å². The zero-order chi connectivity index (χ0) is 15.0. The summed E-state index contributed by atoms with van der Waals surface area (Å²) >= 11 is 0. The molecule has 0 saturated heterocycles. The van der Waals surface area contributed by atoms with Crippen molar-refractivity contribution >= 4 is 15.7 Å². The van der Waals surface area contributed by atoms with Gasteiger partial charge in [0.25, 0.3) is 0 Å². The highest BCUT2D eigenvalue weighted by Gasteiger charge is 2.10. The number of hydrogen-bond donors (Lipinski definition) is 2. The molecule has 1 unspecified atom stereocenters. The molecule has 0 bridgehead atoms. The minimum Gasteiger partial charge on any atom is -0.491 e. The maximum Gasteiger partial charge on any atom is 0.232 e. The van der Waals surface area contributed by atoms with E-state index in [2.05, 4.69) is 4.72 Å². The number of hydrogen-bond acceptors (Lipinski definition) is 4. The molecule has 0 aliphatic heterocycles. The van der Waals surface area contributed by atoms with Gasteiger partial charge in [-0.05, 0) is 44.9 Å². The lowest BCUT2D eigenvalue weighted by molar-refractivity contribution is 0.217. The van der Waals surface area contributed by atoms with Crippen LogP contribution in [-0.4, -0.2) is 26.8 Å². The molecule has 0 spiro atoms. The van der Waals surface area contributed by atoms with Gasteiger partial charge in [-0.2, -0.15) is 0 Å². The molecular weight excluding hydrogens is 276 g/mol. The van der Waals surface area contributed by atoms with Gasteiger partial charge >= 0.3 is 0 Å². The summed E-state index contributed by atoms with van der Waals surface area (Å²) in [6, 6.07) is 7.00. The molecule has 20 heavy (non-hydrogen) atoms. The summed E-state index contributed by atoms with van der Waals surface area (Å²) in [4.78, 5) is 0. The molecule has 1 aromatic carbocycles. The summed E-state index contributed by atoms with van der Waals surface area (Å²) in [6.45, 7) is 4.52. The second-order valence-corrected chi connectivity index (χ2v) is 6.62. The van der Waals surface area contributed by atoms with Crippen LogP contribution in [0.4, 0.5) is 5.69 Å². The molecule has 0 fully saturated rings. The molecule has 0 aliphatic carbocycles. The standard InChI is InChI=1S/C14H24N2O3S/c1-3-12(2)19-14-8-6-7-13(11-14)16-20(17,18)10-5-4-9-15/h6-8,11-12,16H,3-5,9-10,15H2,1-2H3. The van der Waals surface area contributed by atoms with E-state index in [-0.39, 0.29) is 11.9 Å². The zero-order valence-corrected chi connectivity index (χ0v) is 12.9. The Hall–Kier alpha value is -1.27. The fraction of sp³-hybridized carbons (Fsp3) is 0.571. The van der Waals surface area contributed by atoms with Gasteiger partial charge in [0.1, 0.15) is 5.75 Å². The van der Waals surface area contributed by atoms with Gasteiger partial charge in [-0.3, -0.25) is 4.72 Å². The summed E-state index contributed by atoms with van der Waals surface area (Å²) < 4.78 is 32.0. The van der Waals surface area contributed by atoms with Crippen molar-refractivity contribution in [1.29, 1.82) is 0 Å². The molecule has 0 saturated carbocycles. The lowest BCUT2D eigenvalue weighted by Crippen LogP contribution is -2.17. The van der Waals surface area contributed by atoms with Crippen LogP contribution in [0.25, 0.3) is 0 Å². The largest absolute Gasteiger partial charge is 0.491 e.